The molecular weight excluding hydrogens is 294 g/mol. The summed E-state index contributed by atoms with van der Waals surface area (Å²) >= 11 is 0. The second-order valence-corrected chi connectivity index (χ2v) is 5.39. The van der Waals surface area contributed by atoms with Gasteiger partial charge in [0.1, 0.15) is 6.04 Å². The molecule has 23 heavy (non-hydrogen) atoms. The molecule has 0 bridgehead atoms. The van der Waals surface area contributed by atoms with Crippen molar-refractivity contribution < 1.29 is 9.53 Å². The molecule has 0 aromatic heterocycles. The van der Waals surface area contributed by atoms with Gasteiger partial charge in [0.05, 0.1) is 12.2 Å². The monoisotopic (exact) mass is 317 g/mol. The highest BCUT2D eigenvalue weighted by Gasteiger charge is 2.30. The number of guanidine groups is 1. The van der Waals surface area contributed by atoms with Crippen LogP contribution in [0.25, 0.3) is 0 Å². The molecule has 0 radical (unpaired) electrons. The van der Waals surface area contributed by atoms with Crippen molar-refractivity contribution in [1.82, 2.24) is 10.7 Å². The van der Waals surface area contributed by atoms with E-state index in [2.05, 4.69) is 15.7 Å². The van der Waals surface area contributed by atoms with Crippen molar-refractivity contribution in [3.05, 3.63) is 41.1 Å². The predicted octanol–water partition coefficient (Wildman–Crippen LogP) is 1.05. The Labute approximate surface area is 136 Å². The van der Waals surface area contributed by atoms with E-state index in [-0.39, 0.29) is 5.97 Å². The van der Waals surface area contributed by atoms with E-state index in [1.54, 1.807) is 13.8 Å². The number of nitrogens with one attached hydrogen (secondary N) is 2. The summed E-state index contributed by atoms with van der Waals surface area (Å²) in [4.78, 5) is 18.8. The highest BCUT2D eigenvalue weighted by Crippen LogP contribution is 2.32. The van der Waals surface area contributed by atoms with E-state index in [0.717, 1.165) is 11.3 Å². The second-order valence-electron chi connectivity index (χ2n) is 5.39. The second kappa shape index (κ2) is 7.15. The molecule has 0 amide bonds. The van der Waals surface area contributed by atoms with E-state index in [0.29, 0.717) is 23.8 Å². The van der Waals surface area contributed by atoms with Gasteiger partial charge in [-0.3, -0.25) is 5.43 Å². The van der Waals surface area contributed by atoms with Crippen LogP contribution in [-0.4, -0.2) is 32.6 Å². The molecule has 1 aliphatic rings. The van der Waals surface area contributed by atoms with E-state index < -0.39 is 6.04 Å². The number of benzene rings is 1. The molecule has 1 heterocycles. The molecule has 0 aliphatic carbocycles. The SMILES string of the molecule is CCOC(=O)C1=C(C)NC(NN)=N[C@@H]1c1ccc(N(C)C)cc1. The maximum absolute atomic E-state index is 12.3. The maximum atomic E-state index is 12.3. The average Bonchev–Trinajstić information content (AvgIpc) is 2.54. The fraction of sp³-hybridized carbons (Fsp3) is 0.375. The van der Waals surface area contributed by atoms with Gasteiger partial charge >= 0.3 is 5.97 Å². The Morgan fingerprint density at radius 3 is 2.57 bits per heavy atom. The van der Waals surface area contributed by atoms with E-state index in [1.807, 2.05) is 43.3 Å². The quantitative estimate of drug-likeness (QED) is 0.437. The van der Waals surface area contributed by atoms with Gasteiger partial charge in [-0.05, 0) is 31.5 Å². The number of allylic oxidation sites excluding steroid dienone is 1. The first-order valence-corrected chi connectivity index (χ1v) is 7.44. The first kappa shape index (κ1) is 16.8. The summed E-state index contributed by atoms with van der Waals surface area (Å²) in [6, 6.07) is 7.42. The third-order valence-electron chi connectivity index (χ3n) is 3.60. The Morgan fingerprint density at radius 2 is 2.04 bits per heavy atom. The lowest BCUT2D eigenvalue weighted by Crippen LogP contribution is -2.44. The topological polar surface area (TPSA) is 92.0 Å². The fourth-order valence-corrected chi connectivity index (χ4v) is 2.42. The molecule has 0 saturated carbocycles. The van der Waals surface area contributed by atoms with Crippen LogP contribution in [0.5, 0.6) is 0 Å². The Kier molecular flexibility index (Phi) is 5.23. The minimum Gasteiger partial charge on any atom is -0.463 e. The zero-order valence-corrected chi connectivity index (χ0v) is 13.9. The largest absolute Gasteiger partial charge is 0.463 e. The Hall–Kier alpha value is -2.54. The number of aliphatic imine (C=N–C) groups is 1. The molecule has 1 atom stereocenters. The lowest BCUT2D eigenvalue weighted by Gasteiger charge is -2.26. The number of carbonyl (C=O) groups is 1. The molecule has 0 saturated heterocycles. The van der Waals surface area contributed by atoms with Crippen molar-refractivity contribution in [3.63, 3.8) is 0 Å². The zero-order chi connectivity index (χ0) is 17.0. The van der Waals surface area contributed by atoms with E-state index in [9.17, 15) is 4.79 Å². The minimum absolute atomic E-state index is 0.313. The van der Waals surface area contributed by atoms with Crippen molar-refractivity contribution in [2.24, 2.45) is 10.8 Å². The normalized spacial score (nSPS) is 17.3. The van der Waals surface area contributed by atoms with Gasteiger partial charge in [-0.25, -0.2) is 15.6 Å². The van der Waals surface area contributed by atoms with Gasteiger partial charge in [-0.1, -0.05) is 12.1 Å². The van der Waals surface area contributed by atoms with Gasteiger partial charge in [0.2, 0.25) is 5.96 Å². The van der Waals surface area contributed by atoms with Gasteiger partial charge in [0.15, 0.2) is 0 Å². The number of hydrogen-bond donors (Lipinski definition) is 3. The summed E-state index contributed by atoms with van der Waals surface area (Å²) in [5.74, 6) is 5.50. The molecule has 7 nitrogen and oxygen atoms in total. The fourth-order valence-electron chi connectivity index (χ4n) is 2.42. The number of anilines is 1. The van der Waals surface area contributed by atoms with Crippen LogP contribution in [0.3, 0.4) is 0 Å². The number of esters is 1. The summed E-state index contributed by atoms with van der Waals surface area (Å²) in [5, 5.41) is 2.97. The molecular formula is C16H23N5O2. The first-order chi connectivity index (χ1) is 11.0. The summed E-state index contributed by atoms with van der Waals surface area (Å²) in [5.41, 5.74) is 5.63. The van der Waals surface area contributed by atoms with Crippen molar-refractivity contribution in [3.8, 4) is 0 Å². The first-order valence-electron chi connectivity index (χ1n) is 7.44. The number of hydrogen-bond acceptors (Lipinski definition) is 7. The van der Waals surface area contributed by atoms with Crippen molar-refractivity contribution in [1.29, 1.82) is 0 Å². The van der Waals surface area contributed by atoms with Crippen molar-refractivity contribution in [2.45, 2.75) is 19.9 Å². The predicted molar refractivity (Wildman–Crippen MR) is 90.7 cm³/mol. The third kappa shape index (κ3) is 3.62. The summed E-state index contributed by atoms with van der Waals surface area (Å²) in [6.45, 7) is 3.90. The number of nitrogens with two attached hydrogens (primary N) is 1. The number of carbonyl (C=O) groups excluding carboxylic acids is 1. The smallest absolute Gasteiger partial charge is 0.338 e. The molecule has 1 aliphatic heterocycles. The van der Waals surface area contributed by atoms with Crippen molar-refractivity contribution >= 4 is 17.6 Å². The van der Waals surface area contributed by atoms with E-state index in [4.69, 9.17) is 10.6 Å². The van der Waals surface area contributed by atoms with Crippen LogP contribution in [0.15, 0.2) is 40.5 Å². The zero-order valence-electron chi connectivity index (χ0n) is 13.9. The lowest BCUT2D eigenvalue weighted by molar-refractivity contribution is -0.138. The number of rotatable bonds is 4. The molecule has 0 unspecified atom stereocenters. The maximum Gasteiger partial charge on any atom is 0.338 e. The lowest BCUT2D eigenvalue weighted by atomic mass is 9.96. The average molecular weight is 317 g/mol. The third-order valence-corrected chi connectivity index (χ3v) is 3.60. The molecule has 1 aromatic rings. The van der Waals surface area contributed by atoms with Crippen LogP contribution in [0.4, 0.5) is 5.69 Å². The van der Waals surface area contributed by atoms with Gasteiger partial charge in [-0.2, -0.15) is 0 Å². The molecule has 0 fully saturated rings. The summed E-state index contributed by atoms with van der Waals surface area (Å²) in [7, 11) is 3.95. The Morgan fingerprint density at radius 1 is 1.39 bits per heavy atom. The summed E-state index contributed by atoms with van der Waals surface area (Å²) < 4.78 is 5.17. The van der Waals surface area contributed by atoms with Crippen LogP contribution in [0.2, 0.25) is 0 Å². The number of nitrogens with zero attached hydrogens (tertiary/aromatic N) is 2. The van der Waals surface area contributed by atoms with Gasteiger partial charge in [-0.15, -0.1) is 0 Å². The Bertz CT molecular complexity index is 634. The minimum atomic E-state index is -0.461. The number of ether oxygens (including phenoxy) is 1. The van der Waals surface area contributed by atoms with Crippen LogP contribution >= 0.6 is 0 Å². The molecule has 4 N–H and O–H groups in total. The highest BCUT2D eigenvalue weighted by atomic mass is 16.5. The van der Waals surface area contributed by atoms with Crippen LogP contribution < -0.4 is 21.5 Å². The van der Waals surface area contributed by atoms with E-state index >= 15 is 0 Å². The van der Waals surface area contributed by atoms with Gasteiger partial charge < -0.3 is 15.0 Å². The molecule has 0 spiro atoms. The van der Waals surface area contributed by atoms with Crippen LogP contribution in [-0.2, 0) is 9.53 Å². The van der Waals surface area contributed by atoms with Crippen molar-refractivity contribution in [2.75, 3.05) is 25.6 Å². The van der Waals surface area contributed by atoms with Gasteiger partial charge in [0.25, 0.3) is 0 Å². The number of hydrazine groups is 1. The van der Waals surface area contributed by atoms with E-state index in [1.165, 1.54) is 0 Å². The molecule has 1 aromatic carbocycles. The standard InChI is InChI=1S/C16H23N5O2/c1-5-23-15(22)13-10(2)18-16(20-17)19-14(13)11-6-8-12(9-7-11)21(3)4/h6-9,14H,5,17H2,1-4H3,(H2,18,19,20)/t14-/m1/s1. The van der Waals surface area contributed by atoms with Crippen LogP contribution in [0.1, 0.15) is 25.5 Å². The molecule has 7 heteroatoms. The van der Waals surface area contributed by atoms with Crippen LogP contribution in [0, 0.1) is 0 Å². The molecule has 124 valence electrons. The highest BCUT2D eigenvalue weighted by molar-refractivity contribution is 5.95. The summed E-state index contributed by atoms with van der Waals surface area (Å²) in [6.07, 6.45) is 0. The van der Waals surface area contributed by atoms with Gasteiger partial charge in [0, 0.05) is 25.5 Å². The molecule has 2 rings (SSSR count). The Balaban J connectivity index is 2.42.